The van der Waals surface area contributed by atoms with Gasteiger partial charge in [-0.1, -0.05) is 150 Å². The number of ether oxygens (including phenoxy) is 2. The molecule has 0 saturated carbocycles. The van der Waals surface area contributed by atoms with Gasteiger partial charge in [0.25, 0.3) is 11.4 Å². The minimum absolute atomic E-state index is 0.0803. The molecule has 60 heavy (non-hydrogen) atoms. The van der Waals surface area contributed by atoms with Gasteiger partial charge in [0.2, 0.25) is 0 Å². The number of H-pyrrole nitrogens is 1. The van der Waals surface area contributed by atoms with Crippen molar-refractivity contribution in [2.75, 3.05) is 23.4 Å². The van der Waals surface area contributed by atoms with E-state index in [1.54, 1.807) is 29.2 Å². The average Bonchev–Trinajstić information content (AvgIpc) is 3.89. The number of nitro benzene ring substituents is 2. The third-order valence-electron chi connectivity index (χ3n) is 7.40. The van der Waals surface area contributed by atoms with Crippen molar-refractivity contribution in [2.24, 2.45) is 0 Å². The summed E-state index contributed by atoms with van der Waals surface area (Å²) in [6.07, 6.45) is 5.30. The Balaban J connectivity index is 0.000000412. The Labute approximate surface area is 409 Å². The number of nitrogens with one attached hydrogen (secondary N) is 1. The first-order chi connectivity index (χ1) is 28.0. The second-order valence-electron chi connectivity index (χ2n) is 15.3. The van der Waals surface area contributed by atoms with E-state index >= 15 is 0 Å². The maximum absolute atomic E-state index is 10.7. The molecule has 3 N–H and O–H groups in total. The minimum atomic E-state index is -1.08. The van der Waals surface area contributed by atoms with Gasteiger partial charge in [-0.15, -0.1) is 0 Å². The minimum Gasteiger partial charge on any atom is -0.399 e. The van der Waals surface area contributed by atoms with Crippen LogP contribution in [-0.4, -0.2) is 72.8 Å². The Bertz CT molecular complexity index is 2180. The molecule has 0 bridgehead atoms. The van der Waals surface area contributed by atoms with E-state index < -0.39 is 26.0 Å². The Hall–Kier alpha value is -2.06. The van der Waals surface area contributed by atoms with Crippen molar-refractivity contribution in [1.82, 2.24) is 29.8 Å². The lowest BCUT2D eigenvalue weighted by molar-refractivity contribution is -0.384. The standard InChI is InChI=1S/C13H19N3O3Si.C13H21N3OSi.C7H5N3O2.C2H3I3.C2H5I.C2H6/c1-20(2,3)7-6-19-10-15-9-11-8-12(16(17)18)4-5-13(11)14-15;1-18(2,3)7-6-17-10-16-9-11-8-12(14)4-5-13(11)15-16;11-10(12)6-1-2-7-5(3-6)4-8-9-7;1-2(3,4)5;1-2-3;1-2/h4-5,8-9H,6-7,10H2,1-3H3;4-5,8-9H,6-7,10,14H2,1-3H3;1-4H,(H,8,9);1H3;2H2,1H3;1-2H3. The van der Waals surface area contributed by atoms with Crippen molar-refractivity contribution in [3.8, 4) is 0 Å². The second kappa shape index (κ2) is 27.9. The van der Waals surface area contributed by atoms with Crippen LogP contribution < -0.4 is 5.73 Å². The van der Waals surface area contributed by atoms with Crippen molar-refractivity contribution in [1.29, 1.82) is 0 Å². The van der Waals surface area contributed by atoms with E-state index in [4.69, 9.17) is 15.2 Å². The molecule has 0 saturated heterocycles. The molecule has 0 aliphatic rings. The Morgan fingerprint density at radius 3 is 1.58 bits per heavy atom. The fourth-order valence-corrected chi connectivity index (χ4v) is 6.04. The third kappa shape index (κ3) is 24.5. The first kappa shape index (κ1) is 56.0. The van der Waals surface area contributed by atoms with Crippen LogP contribution in [0.4, 0.5) is 17.1 Å². The fourth-order valence-electron chi connectivity index (χ4n) is 4.52. The van der Waals surface area contributed by atoms with Crippen LogP contribution in [0.5, 0.6) is 0 Å². The highest BCUT2D eigenvalue weighted by Crippen LogP contribution is 2.33. The third-order valence-corrected chi connectivity index (χ3v) is 10.8. The maximum Gasteiger partial charge on any atom is 0.270 e. The lowest BCUT2D eigenvalue weighted by Gasteiger charge is -2.15. The Morgan fingerprint density at radius 2 is 1.15 bits per heavy atom. The van der Waals surface area contributed by atoms with Gasteiger partial charge in [0.05, 0.1) is 32.6 Å². The van der Waals surface area contributed by atoms with Crippen LogP contribution in [0.1, 0.15) is 27.7 Å². The topological polar surface area (TPSA) is 195 Å². The predicted molar refractivity (Wildman–Crippen MR) is 288 cm³/mol. The van der Waals surface area contributed by atoms with Crippen LogP contribution in [-0.2, 0) is 22.9 Å². The molecule has 0 radical (unpaired) electrons. The number of fused-ring (bicyclic) bond motifs is 3. The molecule has 0 unspecified atom stereocenters. The van der Waals surface area contributed by atoms with E-state index in [1.807, 2.05) is 42.9 Å². The van der Waals surface area contributed by atoms with Crippen LogP contribution in [0.3, 0.4) is 0 Å². The maximum atomic E-state index is 10.7. The fraction of sp³-hybridized carbons (Fsp3) is 0.462. The van der Waals surface area contributed by atoms with Gasteiger partial charge in [-0.05, 0) is 53.8 Å². The van der Waals surface area contributed by atoms with Gasteiger partial charge >= 0.3 is 0 Å². The molecular formula is C39H59I4N9O6Si2. The van der Waals surface area contributed by atoms with Crippen LogP contribution in [0.2, 0.25) is 51.4 Å². The zero-order chi connectivity index (χ0) is 45.7. The van der Waals surface area contributed by atoms with Crippen LogP contribution in [0.15, 0.2) is 73.2 Å². The second-order valence-corrected chi connectivity index (χ2v) is 40.7. The number of aromatic nitrogens is 6. The highest BCUT2D eigenvalue weighted by atomic mass is 127. The van der Waals surface area contributed by atoms with Crippen LogP contribution in [0, 0.1) is 20.2 Å². The number of nitrogens with two attached hydrogens (primary N) is 1. The van der Waals surface area contributed by atoms with Gasteiger partial charge in [0.15, 0.2) is 0 Å². The highest BCUT2D eigenvalue weighted by Gasteiger charge is 2.14. The number of nitrogen functional groups attached to an aromatic ring is 1. The molecule has 0 fully saturated rings. The molecule has 0 atom stereocenters. The number of benzene rings is 3. The lowest BCUT2D eigenvalue weighted by Crippen LogP contribution is -2.22. The summed E-state index contributed by atoms with van der Waals surface area (Å²) in [5, 5.41) is 38.9. The van der Waals surface area contributed by atoms with Crippen molar-refractivity contribution < 1.29 is 19.3 Å². The summed E-state index contributed by atoms with van der Waals surface area (Å²) in [7, 11) is -2.08. The molecule has 21 heteroatoms. The zero-order valence-corrected chi connectivity index (χ0v) is 46.7. The van der Waals surface area contributed by atoms with Crippen LogP contribution >= 0.6 is 90.4 Å². The van der Waals surface area contributed by atoms with Crippen molar-refractivity contribution in [2.45, 2.75) is 92.0 Å². The molecule has 0 aliphatic heterocycles. The quantitative estimate of drug-likeness (QED) is 0.0226. The number of rotatable bonds is 12. The Morgan fingerprint density at radius 1 is 0.750 bits per heavy atom. The van der Waals surface area contributed by atoms with Crippen LogP contribution in [0.25, 0.3) is 32.7 Å². The molecule has 0 aliphatic carbocycles. The van der Waals surface area contributed by atoms with E-state index in [-0.39, 0.29) is 11.4 Å². The summed E-state index contributed by atoms with van der Waals surface area (Å²) < 4.78 is 16.4. The molecule has 0 spiro atoms. The number of alkyl halides is 4. The van der Waals surface area contributed by atoms with E-state index in [2.05, 4.69) is 164 Å². The number of halogens is 4. The Kier molecular flexibility index (Phi) is 26.0. The van der Waals surface area contributed by atoms with Gasteiger partial charge in [0, 0.05) is 87.9 Å². The summed E-state index contributed by atoms with van der Waals surface area (Å²) in [5.74, 6) is 0. The van der Waals surface area contributed by atoms with Crippen molar-refractivity contribution in [3.05, 3.63) is 93.4 Å². The number of anilines is 1. The van der Waals surface area contributed by atoms with Gasteiger partial charge in [-0.3, -0.25) is 25.3 Å². The molecule has 3 aromatic heterocycles. The number of hydrogen-bond donors (Lipinski definition) is 2. The molecule has 3 aromatic carbocycles. The van der Waals surface area contributed by atoms with Crippen molar-refractivity contribution in [3.63, 3.8) is 0 Å². The van der Waals surface area contributed by atoms with Gasteiger partial charge < -0.3 is 15.2 Å². The largest absolute Gasteiger partial charge is 0.399 e. The summed E-state index contributed by atoms with van der Waals surface area (Å²) in [6.45, 7) is 24.7. The summed E-state index contributed by atoms with van der Waals surface area (Å²) in [4.78, 5) is 20.2. The van der Waals surface area contributed by atoms with Gasteiger partial charge in [-0.2, -0.15) is 15.3 Å². The number of nitro groups is 2. The molecule has 0 amide bonds. The smallest absolute Gasteiger partial charge is 0.270 e. The predicted octanol–water partition coefficient (Wildman–Crippen LogP) is 13.1. The normalized spacial score (nSPS) is 11.1. The van der Waals surface area contributed by atoms with Gasteiger partial charge in [0.1, 0.15) is 12.9 Å². The van der Waals surface area contributed by atoms with Crippen molar-refractivity contribution >= 4 is 156 Å². The molecule has 332 valence electrons. The molecule has 6 aromatic rings. The molecule has 6 rings (SSSR count). The first-order valence-corrected chi connectivity index (χ1v) is 31.4. The van der Waals surface area contributed by atoms with E-state index in [1.165, 1.54) is 34.7 Å². The summed E-state index contributed by atoms with van der Waals surface area (Å²) in [5.41, 5.74) is 9.17. The van der Waals surface area contributed by atoms with E-state index in [0.29, 0.717) is 12.9 Å². The summed E-state index contributed by atoms with van der Waals surface area (Å²) >= 11 is 9.34. The van der Waals surface area contributed by atoms with E-state index in [0.717, 1.165) is 57.7 Å². The number of aromatic amines is 1. The number of non-ortho nitro benzene ring substituents is 2. The number of nitrogens with zero attached hydrogens (tertiary/aromatic N) is 7. The molecule has 3 heterocycles. The highest BCUT2D eigenvalue weighted by molar-refractivity contribution is 14.3. The lowest BCUT2D eigenvalue weighted by atomic mass is 10.2. The average molecular weight is 1310 g/mol. The van der Waals surface area contributed by atoms with E-state index in [9.17, 15) is 20.2 Å². The first-order valence-electron chi connectivity index (χ1n) is 19.2. The van der Waals surface area contributed by atoms with Gasteiger partial charge in [-0.25, -0.2) is 9.36 Å². The zero-order valence-electron chi connectivity index (χ0n) is 36.0. The molecule has 15 nitrogen and oxygen atoms in total. The summed E-state index contributed by atoms with van der Waals surface area (Å²) in [6, 6.07) is 17.2. The number of hydrogen-bond acceptors (Lipinski definition) is 10. The SMILES string of the molecule is CC.CC(I)(I)I.CCI.C[Si](C)(C)CCOCn1cc2cc(N)ccc2n1.C[Si](C)(C)CCOCn1cc2cc([N+](=O)[O-])ccc2n1.O=[N+]([O-])c1ccc2[nH]ncc2c1. The monoisotopic (exact) mass is 1310 g/mol. The molecular weight excluding hydrogens is 1250 g/mol.